The zero-order valence-electron chi connectivity index (χ0n) is 11.2. The molecule has 0 bridgehead atoms. The largest absolute Gasteiger partial charge is 0.339 e. The predicted molar refractivity (Wildman–Crippen MR) is 74.6 cm³/mol. The van der Waals surface area contributed by atoms with Crippen LogP contribution in [-0.4, -0.2) is 38.6 Å². The molecule has 1 aliphatic heterocycles. The van der Waals surface area contributed by atoms with Crippen LogP contribution < -0.4 is 4.72 Å². The summed E-state index contributed by atoms with van der Waals surface area (Å²) in [5.74, 6) is -0.903. The van der Waals surface area contributed by atoms with Gasteiger partial charge in [-0.2, -0.15) is 0 Å². The van der Waals surface area contributed by atoms with E-state index in [1.165, 1.54) is 6.07 Å². The van der Waals surface area contributed by atoms with Gasteiger partial charge in [-0.25, -0.2) is 12.8 Å². The third-order valence-corrected chi connectivity index (χ3v) is 3.74. The second-order valence-corrected chi connectivity index (χ2v) is 6.67. The van der Waals surface area contributed by atoms with Crippen molar-refractivity contribution in [3.63, 3.8) is 0 Å². The Balaban J connectivity index is 2.33. The number of nitrogens with zero attached hydrogens (tertiary/aromatic N) is 1. The van der Waals surface area contributed by atoms with Gasteiger partial charge in [-0.15, -0.1) is 0 Å². The Hall–Kier alpha value is -1.63. The molecule has 0 atom stereocenters. The number of amides is 1. The van der Waals surface area contributed by atoms with Crippen LogP contribution in [0.25, 0.3) is 0 Å². The van der Waals surface area contributed by atoms with Gasteiger partial charge in [-0.05, 0) is 37.5 Å². The lowest BCUT2D eigenvalue weighted by atomic mass is 10.1. The average Bonchev–Trinajstić information content (AvgIpc) is 2.39. The number of hydrogen-bond acceptors (Lipinski definition) is 3. The van der Waals surface area contributed by atoms with Crippen LogP contribution in [0, 0.1) is 5.82 Å². The number of piperidine rings is 1. The maximum absolute atomic E-state index is 13.4. The molecule has 1 aliphatic rings. The van der Waals surface area contributed by atoms with Gasteiger partial charge in [0.25, 0.3) is 5.91 Å². The second kappa shape index (κ2) is 5.78. The highest BCUT2D eigenvalue weighted by atomic mass is 32.2. The van der Waals surface area contributed by atoms with Crippen LogP contribution in [0.3, 0.4) is 0 Å². The van der Waals surface area contributed by atoms with E-state index < -0.39 is 15.8 Å². The van der Waals surface area contributed by atoms with Crippen LogP contribution in [0.4, 0.5) is 10.1 Å². The molecular weight excluding hydrogens is 283 g/mol. The molecule has 1 N–H and O–H groups in total. The second-order valence-electron chi connectivity index (χ2n) is 4.92. The average molecular weight is 300 g/mol. The number of carbonyl (C=O) groups is 1. The van der Waals surface area contributed by atoms with Crippen molar-refractivity contribution in [1.82, 2.24) is 4.90 Å². The number of sulfonamides is 1. The fraction of sp³-hybridized carbons (Fsp3) is 0.462. The summed E-state index contributed by atoms with van der Waals surface area (Å²) in [5, 5.41) is 0. The summed E-state index contributed by atoms with van der Waals surface area (Å²) in [6, 6.07) is 3.47. The number of nitrogens with one attached hydrogen (secondary N) is 1. The van der Waals surface area contributed by atoms with Gasteiger partial charge >= 0.3 is 0 Å². The molecule has 0 radical (unpaired) electrons. The number of hydrogen-bond donors (Lipinski definition) is 1. The Morgan fingerprint density at radius 3 is 2.50 bits per heavy atom. The first kappa shape index (κ1) is 14.8. The number of likely N-dealkylation sites (tertiary alicyclic amines) is 1. The fourth-order valence-corrected chi connectivity index (χ4v) is 2.83. The summed E-state index contributed by atoms with van der Waals surface area (Å²) in [6.07, 6.45) is 3.89. The zero-order chi connectivity index (χ0) is 14.8. The number of benzene rings is 1. The lowest BCUT2D eigenvalue weighted by molar-refractivity contribution is 0.0725. The van der Waals surface area contributed by atoms with Gasteiger partial charge in [0.2, 0.25) is 10.0 Å². The van der Waals surface area contributed by atoms with Crippen LogP contribution in [0.1, 0.15) is 29.6 Å². The number of rotatable bonds is 3. The smallest absolute Gasteiger partial charge is 0.256 e. The normalized spacial score (nSPS) is 16.0. The molecule has 1 fully saturated rings. The third kappa shape index (κ3) is 3.69. The SMILES string of the molecule is CS(=O)(=O)Nc1ccc(F)cc1C(=O)N1CCCCC1. The Bertz CT molecular complexity index is 610. The quantitative estimate of drug-likeness (QED) is 0.926. The summed E-state index contributed by atoms with van der Waals surface area (Å²) in [6.45, 7) is 1.24. The first-order valence-electron chi connectivity index (χ1n) is 6.43. The topological polar surface area (TPSA) is 66.5 Å². The van der Waals surface area contributed by atoms with Gasteiger partial charge in [0, 0.05) is 13.1 Å². The highest BCUT2D eigenvalue weighted by molar-refractivity contribution is 7.92. The van der Waals surface area contributed by atoms with Crippen molar-refractivity contribution in [3.05, 3.63) is 29.6 Å². The summed E-state index contributed by atoms with van der Waals surface area (Å²) >= 11 is 0. The maximum Gasteiger partial charge on any atom is 0.256 e. The van der Waals surface area contributed by atoms with E-state index in [0.717, 1.165) is 37.7 Å². The monoisotopic (exact) mass is 300 g/mol. The van der Waals surface area contributed by atoms with Gasteiger partial charge in [-0.3, -0.25) is 9.52 Å². The van der Waals surface area contributed by atoms with Crippen LogP contribution in [0.5, 0.6) is 0 Å². The Kier molecular flexibility index (Phi) is 4.27. The molecule has 20 heavy (non-hydrogen) atoms. The van der Waals surface area contributed by atoms with Crippen molar-refractivity contribution in [2.45, 2.75) is 19.3 Å². The van der Waals surface area contributed by atoms with E-state index in [4.69, 9.17) is 0 Å². The Morgan fingerprint density at radius 2 is 1.90 bits per heavy atom. The number of halogens is 1. The molecule has 1 aromatic carbocycles. The van der Waals surface area contributed by atoms with Crippen molar-refractivity contribution >= 4 is 21.6 Å². The lowest BCUT2D eigenvalue weighted by Gasteiger charge is -2.27. The van der Waals surface area contributed by atoms with Crippen LogP contribution >= 0.6 is 0 Å². The molecule has 1 amide bonds. The first-order chi connectivity index (χ1) is 9.37. The van der Waals surface area contributed by atoms with Crippen molar-refractivity contribution in [2.24, 2.45) is 0 Å². The van der Waals surface area contributed by atoms with Crippen molar-refractivity contribution in [1.29, 1.82) is 0 Å². The van der Waals surface area contributed by atoms with E-state index in [1.54, 1.807) is 4.90 Å². The van der Waals surface area contributed by atoms with E-state index in [0.29, 0.717) is 13.1 Å². The highest BCUT2D eigenvalue weighted by Crippen LogP contribution is 2.22. The van der Waals surface area contributed by atoms with E-state index >= 15 is 0 Å². The molecule has 0 unspecified atom stereocenters. The molecule has 5 nitrogen and oxygen atoms in total. The molecule has 0 aromatic heterocycles. The molecule has 1 heterocycles. The standard InChI is InChI=1S/C13H17FN2O3S/c1-20(18,19)15-12-6-5-10(14)9-11(12)13(17)16-7-3-2-4-8-16/h5-6,9,15H,2-4,7-8H2,1H3. The minimum Gasteiger partial charge on any atom is -0.339 e. The van der Waals surface area contributed by atoms with E-state index in [-0.39, 0.29) is 17.2 Å². The molecule has 2 rings (SSSR count). The van der Waals surface area contributed by atoms with Gasteiger partial charge in [0.1, 0.15) is 5.82 Å². The van der Waals surface area contributed by atoms with E-state index in [2.05, 4.69) is 4.72 Å². The Morgan fingerprint density at radius 1 is 1.25 bits per heavy atom. The Labute approximate surface area is 117 Å². The van der Waals surface area contributed by atoms with Crippen molar-refractivity contribution in [3.8, 4) is 0 Å². The van der Waals surface area contributed by atoms with Crippen LogP contribution in [0.15, 0.2) is 18.2 Å². The van der Waals surface area contributed by atoms with E-state index in [9.17, 15) is 17.6 Å². The molecule has 1 aromatic rings. The molecular formula is C13H17FN2O3S. The first-order valence-corrected chi connectivity index (χ1v) is 8.32. The molecule has 0 aliphatic carbocycles. The zero-order valence-corrected chi connectivity index (χ0v) is 12.0. The summed E-state index contributed by atoms with van der Waals surface area (Å²) in [5.41, 5.74) is 0.168. The third-order valence-electron chi connectivity index (χ3n) is 3.15. The predicted octanol–water partition coefficient (Wildman–Crippen LogP) is 1.82. The molecule has 7 heteroatoms. The number of carbonyl (C=O) groups excluding carboxylic acids is 1. The van der Waals surface area contributed by atoms with Gasteiger partial charge in [0.15, 0.2) is 0 Å². The highest BCUT2D eigenvalue weighted by Gasteiger charge is 2.22. The van der Waals surface area contributed by atoms with Crippen molar-refractivity contribution in [2.75, 3.05) is 24.1 Å². The summed E-state index contributed by atoms with van der Waals surface area (Å²) < 4.78 is 38.2. The van der Waals surface area contributed by atoms with Crippen molar-refractivity contribution < 1.29 is 17.6 Å². The summed E-state index contributed by atoms with van der Waals surface area (Å²) in [4.78, 5) is 14.0. The molecule has 0 saturated carbocycles. The molecule has 1 saturated heterocycles. The van der Waals surface area contributed by atoms with Crippen LogP contribution in [0.2, 0.25) is 0 Å². The molecule has 110 valence electrons. The minimum atomic E-state index is -3.52. The maximum atomic E-state index is 13.4. The minimum absolute atomic E-state index is 0.0531. The van der Waals surface area contributed by atoms with Crippen LogP contribution in [-0.2, 0) is 10.0 Å². The molecule has 0 spiro atoms. The van der Waals surface area contributed by atoms with Gasteiger partial charge in [-0.1, -0.05) is 0 Å². The van der Waals surface area contributed by atoms with Gasteiger partial charge < -0.3 is 4.90 Å². The van der Waals surface area contributed by atoms with E-state index in [1.807, 2.05) is 0 Å². The number of anilines is 1. The van der Waals surface area contributed by atoms with Gasteiger partial charge in [0.05, 0.1) is 17.5 Å². The fourth-order valence-electron chi connectivity index (χ4n) is 2.25. The summed E-state index contributed by atoms with van der Waals surface area (Å²) in [7, 11) is -3.52. The lowest BCUT2D eigenvalue weighted by Crippen LogP contribution is -2.36.